The average Bonchev–Trinajstić information content (AvgIpc) is 3.09. The minimum Gasteiger partial charge on any atom is -0.443 e. The van der Waals surface area contributed by atoms with E-state index in [-0.39, 0.29) is 24.3 Å². The molecule has 4 amide bonds. The largest absolute Gasteiger partial charge is 0.471 e. The number of ether oxygens (including phenoxy) is 2. The molecular formula is C40H40F4N6O7. The summed E-state index contributed by atoms with van der Waals surface area (Å²) in [4.78, 5) is 76.3. The van der Waals surface area contributed by atoms with Gasteiger partial charge in [0.05, 0.1) is 30.7 Å². The molecular weight excluding hydrogens is 752 g/mol. The maximum absolute atomic E-state index is 14.1. The third-order valence-electron chi connectivity index (χ3n) is 7.41. The van der Waals surface area contributed by atoms with Crippen molar-refractivity contribution in [2.24, 2.45) is 0 Å². The molecule has 300 valence electrons. The summed E-state index contributed by atoms with van der Waals surface area (Å²) in [5, 5.41) is 1.71. The molecule has 3 aromatic heterocycles. The molecule has 57 heavy (non-hydrogen) atoms. The highest BCUT2D eigenvalue weighted by atomic mass is 19.4. The number of nitrogens with one attached hydrogen (secondary N) is 1. The zero-order valence-corrected chi connectivity index (χ0v) is 32.2. The number of halogens is 4. The lowest BCUT2D eigenvalue weighted by Crippen LogP contribution is -2.44. The van der Waals surface area contributed by atoms with Crippen molar-refractivity contribution in [3.05, 3.63) is 117 Å². The van der Waals surface area contributed by atoms with Gasteiger partial charge in [-0.05, 0) is 89.8 Å². The normalized spacial score (nSPS) is 11.5. The zero-order valence-electron chi connectivity index (χ0n) is 32.2. The number of amides is 4. The molecule has 0 aliphatic heterocycles. The van der Waals surface area contributed by atoms with Crippen LogP contribution in [0.15, 0.2) is 77.7 Å². The van der Waals surface area contributed by atoms with Crippen molar-refractivity contribution in [2.45, 2.75) is 85.5 Å². The summed E-state index contributed by atoms with van der Waals surface area (Å²) in [5.74, 6) is 1.12. The fourth-order valence-electron chi connectivity index (χ4n) is 5.01. The average molecular weight is 793 g/mol. The lowest BCUT2D eigenvalue weighted by atomic mass is 10.2. The van der Waals surface area contributed by atoms with Crippen molar-refractivity contribution in [1.82, 2.24) is 19.4 Å². The standard InChI is InChI=1S/C40H40F4N6O7/c1-25-21-30(47-35(53)40(42,43)44)29(46-33(25)50(36(54)56-38(2,3)4)37(55)57-39(5,6)7)15-12-20-49-31(16-11-17-32(49)51)34(52)48(23-26-13-9-8-10-14-26)24-28-19-18-27(41)22-45-28/h8-11,13-14,16-19,21-22H,20,23-24H2,1-7H3,(H,47,53). The van der Waals surface area contributed by atoms with Crippen molar-refractivity contribution in [3.8, 4) is 11.8 Å². The van der Waals surface area contributed by atoms with E-state index in [1.54, 1.807) is 35.6 Å². The lowest BCUT2D eigenvalue weighted by molar-refractivity contribution is -0.167. The third kappa shape index (κ3) is 12.2. The van der Waals surface area contributed by atoms with Crippen LogP contribution in [0.25, 0.3) is 0 Å². The third-order valence-corrected chi connectivity index (χ3v) is 7.41. The van der Waals surface area contributed by atoms with Crippen LogP contribution in [0.5, 0.6) is 0 Å². The number of carbonyl (C=O) groups is 4. The van der Waals surface area contributed by atoms with Crippen LogP contribution in [0.3, 0.4) is 0 Å². The van der Waals surface area contributed by atoms with Gasteiger partial charge < -0.3 is 19.7 Å². The minimum atomic E-state index is -5.32. The highest BCUT2D eigenvalue weighted by Crippen LogP contribution is 2.29. The van der Waals surface area contributed by atoms with Gasteiger partial charge in [-0.3, -0.25) is 23.9 Å². The van der Waals surface area contributed by atoms with E-state index < -0.39 is 76.5 Å². The van der Waals surface area contributed by atoms with E-state index in [2.05, 4.69) is 21.8 Å². The number of imide groups is 1. The van der Waals surface area contributed by atoms with Gasteiger partial charge in [0.2, 0.25) is 0 Å². The van der Waals surface area contributed by atoms with E-state index in [1.807, 2.05) is 0 Å². The second-order valence-corrected chi connectivity index (χ2v) is 14.5. The number of pyridine rings is 3. The number of aromatic nitrogens is 3. The quantitative estimate of drug-likeness (QED) is 0.145. The van der Waals surface area contributed by atoms with Crippen molar-refractivity contribution in [3.63, 3.8) is 0 Å². The van der Waals surface area contributed by atoms with Crippen LogP contribution in [0.1, 0.15) is 74.5 Å². The zero-order chi connectivity index (χ0) is 42.3. The van der Waals surface area contributed by atoms with E-state index >= 15 is 0 Å². The molecule has 0 radical (unpaired) electrons. The van der Waals surface area contributed by atoms with Crippen LogP contribution in [-0.4, -0.2) is 60.8 Å². The van der Waals surface area contributed by atoms with E-state index in [9.17, 15) is 41.5 Å². The number of nitrogens with zero attached hydrogens (tertiary/aromatic N) is 5. The Morgan fingerprint density at radius 1 is 0.860 bits per heavy atom. The second kappa shape index (κ2) is 17.5. The Bertz CT molecular complexity index is 2230. The van der Waals surface area contributed by atoms with Crippen LogP contribution in [0, 0.1) is 24.6 Å². The highest BCUT2D eigenvalue weighted by molar-refractivity contribution is 6.09. The molecule has 4 aromatic rings. The van der Waals surface area contributed by atoms with Gasteiger partial charge in [-0.25, -0.2) is 19.0 Å². The van der Waals surface area contributed by atoms with E-state index in [0.717, 1.165) is 28.5 Å². The molecule has 13 nitrogen and oxygen atoms in total. The first-order valence-corrected chi connectivity index (χ1v) is 17.3. The Hall–Kier alpha value is -6.57. The summed E-state index contributed by atoms with van der Waals surface area (Å²) < 4.78 is 65.7. The van der Waals surface area contributed by atoms with Crippen LogP contribution >= 0.6 is 0 Å². The second-order valence-electron chi connectivity index (χ2n) is 14.5. The number of anilines is 2. The van der Waals surface area contributed by atoms with Gasteiger partial charge in [0.15, 0.2) is 5.82 Å². The van der Waals surface area contributed by atoms with Crippen molar-refractivity contribution >= 4 is 35.5 Å². The number of rotatable bonds is 8. The Morgan fingerprint density at radius 2 is 1.49 bits per heavy atom. The molecule has 0 aliphatic rings. The van der Waals surface area contributed by atoms with Crippen LogP contribution in [0.4, 0.5) is 38.7 Å². The number of hydrogen-bond acceptors (Lipinski definition) is 9. The molecule has 0 aliphatic carbocycles. The first-order valence-electron chi connectivity index (χ1n) is 17.3. The van der Waals surface area contributed by atoms with Gasteiger partial charge in [0, 0.05) is 12.6 Å². The molecule has 0 unspecified atom stereocenters. The number of benzene rings is 1. The van der Waals surface area contributed by atoms with Crippen LogP contribution in [0.2, 0.25) is 0 Å². The summed E-state index contributed by atoms with van der Waals surface area (Å²) in [6.07, 6.45) is -6.77. The van der Waals surface area contributed by atoms with Crippen molar-refractivity contribution in [2.75, 3.05) is 10.2 Å². The number of hydrogen-bond donors (Lipinski definition) is 1. The molecule has 0 saturated heterocycles. The Labute approximate surface area is 325 Å². The fraction of sp³-hybridized carbons (Fsp3) is 0.325. The van der Waals surface area contributed by atoms with Crippen molar-refractivity contribution < 1.29 is 46.2 Å². The topological polar surface area (TPSA) is 153 Å². The SMILES string of the molecule is Cc1cc(NC(=O)C(F)(F)F)c(C#CCn2c(C(=O)N(Cc3ccccc3)Cc3ccc(F)cn3)cccc2=O)nc1N(C(=O)OC(C)(C)C)C(=O)OC(C)(C)C. The molecule has 1 N–H and O–H groups in total. The van der Waals surface area contributed by atoms with Gasteiger partial charge in [-0.2, -0.15) is 18.1 Å². The molecule has 0 atom stereocenters. The molecule has 1 aromatic carbocycles. The van der Waals surface area contributed by atoms with E-state index in [0.29, 0.717) is 10.6 Å². The molecule has 17 heteroatoms. The van der Waals surface area contributed by atoms with Gasteiger partial charge in [-0.1, -0.05) is 42.3 Å². The van der Waals surface area contributed by atoms with Crippen LogP contribution < -0.4 is 15.8 Å². The maximum Gasteiger partial charge on any atom is 0.471 e. The summed E-state index contributed by atoms with van der Waals surface area (Å²) in [7, 11) is 0. The summed E-state index contributed by atoms with van der Waals surface area (Å²) >= 11 is 0. The van der Waals surface area contributed by atoms with Crippen LogP contribution in [-0.2, 0) is 33.9 Å². The maximum atomic E-state index is 14.1. The minimum absolute atomic E-state index is 0.0592. The van der Waals surface area contributed by atoms with E-state index in [1.165, 1.54) is 77.6 Å². The van der Waals surface area contributed by atoms with Gasteiger partial charge in [-0.15, -0.1) is 0 Å². The summed E-state index contributed by atoms with van der Waals surface area (Å²) in [6, 6.07) is 16.4. The van der Waals surface area contributed by atoms with Gasteiger partial charge in [0.1, 0.15) is 28.4 Å². The fourth-order valence-corrected chi connectivity index (χ4v) is 5.01. The smallest absolute Gasteiger partial charge is 0.443 e. The molecule has 0 saturated carbocycles. The first-order chi connectivity index (χ1) is 26.5. The molecule has 0 fully saturated rings. The number of aryl methyl sites for hydroxylation is 1. The Morgan fingerprint density at radius 3 is 2.05 bits per heavy atom. The number of carbonyl (C=O) groups excluding carboxylic acids is 4. The summed E-state index contributed by atoms with van der Waals surface area (Å²) in [5.41, 5.74) is -3.08. The molecule has 3 heterocycles. The van der Waals surface area contributed by atoms with Gasteiger partial charge >= 0.3 is 24.3 Å². The van der Waals surface area contributed by atoms with Crippen molar-refractivity contribution in [1.29, 1.82) is 0 Å². The Kier molecular flexibility index (Phi) is 13.2. The Balaban J connectivity index is 1.81. The number of alkyl halides is 3. The predicted octanol–water partition coefficient (Wildman–Crippen LogP) is 7.16. The highest BCUT2D eigenvalue weighted by Gasteiger charge is 2.40. The lowest BCUT2D eigenvalue weighted by Gasteiger charge is -2.29. The first kappa shape index (κ1) is 43.2. The molecule has 0 spiro atoms. The predicted molar refractivity (Wildman–Crippen MR) is 200 cm³/mol. The molecule has 4 rings (SSSR count). The van der Waals surface area contributed by atoms with Gasteiger partial charge in [0.25, 0.3) is 11.5 Å². The summed E-state index contributed by atoms with van der Waals surface area (Å²) in [6.45, 7) is 10.0. The molecule has 0 bridgehead atoms. The van der Waals surface area contributed by atoms with E-state index in [4.69, 9.17) is 9.47 Å². The monoisotopic (exact) mass is 792 g/mol.